The number of amides is 1. The van der Waals surface area contributed by atoms with Crippen molar-refractivity contribution in [2.45, 2.75) is 31.7 Å². The van der Waals surface area contributed by atoms with Crippen LogP contribution in [0.2, 0.25) is 0 Å². The van der Waals surface area contributed by atoms with Crippen LogP contribution >= 0.6 is 0 Å². The summed E-state index contributed by atoms with van der Waals surface area (Å²) < 4.78 is 10.9. The molecular formula is C22H23N3O3. The molecule has 1 aromatic heterocycles. The summed E-state index contributed by atoms with van der Waals surface area (Å²) >= 11 is 0. The predicted octanol–water partition coefficient (Wildman–Crippen LogP) is 4.04. The van der Waals surface area contributed by atoms with Gasteiger partial charge in [0.25, 0.3) is 0 Å². The molecule has 0 saturated carbocycles. The maximum Gasteiger partial charge on any atom is 0.249 e. The Hall–Kier alpha value is -3.15. The van der Waals surface area contributed by atoms with E-state index in [2.05, 4.69) is 10.1 Å². The third-order valence-electron chi connectivity index (χ3n) is 5.13. The lowest BCUT2D eigenvalue weighted by Crippen LogP contribution is -2.30. The molecule has 3 aromatic rings. The Kier molecular flexibility index (Phi) is 5.37. The predicted molar refractivity (Wildman–Crippen MR) is 105 cm³/mol. The van der Waals surface area contributed by atoms with Gasteiger partial charge >= 0.3 is 0 Å². The summed E-state index contributed by atoms with van der Waals surface area (Å²) in [4.78, 5) is 19.3. The zero-order valence-corrected chi connectivity index (χ0v) is 15.9. The first-order chi connectivity index (χ1) is 13.8. The van der Waals surface area contributed by atoms with E-state index in [0.717, 1.165) is 36.3 Å². The molecular weight excluding hydrogens is 354 g/mol. The van der Waals surface area contributed by atoms with Gasteiger partial charge in [0, 0.05) is 18.5 Å². The average molecular weight is 377 g/mol. The highest BCUT2D eigenvalue weighted by molar-refractivity contribution is 5.77. The van der Waals surface area contributed by atoms with Crippen LogP contribution in [0.3, 0.4) is 0 Å². The second kappa shape index (κ2) is 8.25. The normalized spacial score (nSPS) is 16.3. The second-order valence-electron chi connectivity index (χ2n) is 6.88. The molecule has 1 amide bonds. The molecule has 0 radical (unpaired) electrons. The summed E-state index contributed by atoms with van der Waals surface area (Å²) in [5, 5.41) is 4.10. The van der Waals surface area contributed by atoms with E-state index in [1.807, 2.05) is 59.5 Å². The first kappa shape index (κ1) is 18.2. The van der Waals surface area contributed by atoms with Gasteiger partial charge in [0.2, 0.25) is 17.6 Å². The fraction of sp³-hybridized carbons (Fsp3) is 0.318. The van der Waals surface area contributed by atoms with Gasteiger partial charge in [-0.05, 0) is 30.9 Å². The third kappa shape index (κ3) is 3.76. The van der Waals surface area contributed by atoms with E-state index in [-0.39, 0.29) is 11.9 Å². The molecule has 2 heterocycles. The lowest BCUT2D eigenvalue weighted by molar-refractivity contribution is -0.132. The third-order valence-corrected chi connectivity index (χ3v) is 5.13. The maximum atomic E-state index is 12.9. The Morgan fingerprint density at radius 3 is 2.79 bits per heavy atom. The first-order valence-corrected chi connectivity index (χ1v) is 9.56. The number of nitrogens with zero attached hydrogens (tertiary/aromatic N) is 3. The largest absolute Gasteiger partial charge is 0.496 e. The van der Waals surface area contributed by atoms with Crippen molar-refractivity contribution in [3.63, 3.8) is 0 Å². The van der Waals surface area contributed by atoms with E-state index in [1.165, 1.54) is 0 Å². The number of hydrogen-bond acceptors (Lipinski definition) is 5. The van der Waals surface area contributed by atoms with Crippen LogP contribution in [0.1, 0.15) is 36.8 Å². The Morgan fingerprint density at radius 1 is 1.18 bits per heavy atom. The highest BCUT2D eigenvalue weighted by Crippen LogP contribution is 2.33. The summed E-state index contributed by atoms with van der Waals surface area (Å²) in [6.07, 6.45) is 2.85. The number of carbonyl (C=O) groups is 1. The molecule has 1 fully saturated rings. The zero-order chi connectivity index (χ0) is 19.3. The van der Waals surface area contributed by atoms with Crippen molar-refractivity contribution >= 4 is 5.91 Å². The van der Waals surface area contributed by atoms with Gasteiger partial charge in [-0.3, -0.25) is 4.79 Å². The molecule has 0 N–H and O–H groups in total. The number of para-hydroxylation sites is 1. The minimum atomic E-state index is -0.143. The Bertz CT molecular complexity index is 939. The molecule has 1 aliphatic rings. The summed E-state index contributed by atoms with van der Waals surface area (Å²) in [7, 11) is 1.65. The minimum Gasteiger partial charge on any atom is -0.496 e. The monoisotopic (exact) mass is 377 g/mol. The van der Waals surface area contributed by atoms with Crippen LogP contribution in [-0.2, 0) is 11.2 Å². The number of hydrogen-bond donors (Lipinski definition) is 0. The zero-order valence-electron chi connectivity index (χ0n) is 15.9. The molecule has 0 bridgehead atoms. The Morgan fingerprint density at radius 2 is 1.96 bits per heavy atom. The van der Waals surface area contributed by atoms with Gasteiger partial charge in [-0.2, -0.15) is 4.98 Å². The van der Waals surface area contributed by atoms with Crippen molar-refractivity contribution in [3.8, 4) is 17.1 Å². The van der Waals surface area contributed by atoms with Crippen LogP contribution < -0.4 is 4.74 Å². The molecule has 1 unspecified atom stereocenters. The topological polar surface area (TPSA) is 68.5 Å². The van der Waals surface area contributed by atoms with Crippen LogP contribution in [0.4, 0.5) is 0 Å². The standard InChI is InChI=1S/C22H23N3O3/c1-27-19-12-6-5-8-16(19)13-14-20(26)25-15-7-11-18(25)22-23-21(24-28-22)17-9-3-2-4-10-17/h2-6,8-10,12,18H,7,11,13-15H2,1H3. The SMILES string of the molecule is COc1ccccc1CCC(=O)N1CCCC1c1nc(-c2ccccc2)no1. The maximum absolute atomic E-state index is 12.9. The van der Waals surface area contributed by atoms with E-state index < -0.39 is 0 Å². The van der Waals surface area contributed by atoms with Gasteiger partial charge in [-0.25, -0.2) is 0 Å². The van der Waals surface area contributed by atoms with Crippen molar-refractivity contribution in [1.82, 2.24) is 15.0 Å². The summed E-state index contributed by atoms with van der Waals surface area (Å²) in [6.45, 7) is 0.721. The molecule has 6 heteroatoms. The minimum absolute atomic E-state index is 0.105. The molecule has 1 atom stereocenters. The second-order valence-corrected chi connectivity index (χ2v) is 6.88. The first-order valence-electron chi connectivity index (χ1n) is 9.56. The number of aromatic nitrogens is 2. The molecule has 144 valence electrons. The quantitative estimate of drug-likeness (QED) is 0.648. The van der Waals surface area contributed by atoms with Crippen molar-refractivity contribution in [1.29, 1.82) is 0 Å². The van der Waals surface area contributed by atoms with Crippen molar-refractivity contribution in [2.75, 3.05) is 13.7 Å². The molecule has 1 aliphatic heterocycles. The number of benzene rings is 2. The molecule has 0 aliphatic carbocycles. The summed E-state index contributed by atoms with van der Waals surface area (Å²) in [5.41, 5.74) is 1.95. The summed E-state index contributed by atoms with van der Waals surface area (Å²) in [5.74, 6) is 2.00. The number of rotatable bonds is 6. The van der Waals surface area contributed by atoms with Gasteiger partial charge in [0.1, 0.15) is 11.8 Å². The van der Waals surface area contributed by atoms with E-state index in [9.17, 15) is 4.79 Å². The fourth-order valence-electron chi connectivity index (χ4n) is 3.69. The van der Waals surface area contributed by atoms with Gasteiger partial charge in [0.05, 0.1) is 7.11 Å². The molecule has 28 heavy (non-hydrogen) atoms. The van der Waals surface area contributed by atoms with Crippen LogP contribution in [0.5, 0.6) is 5.75 Å². The van der Waals surface area contributed by atoms with E-state index in [1.54, 1.807) is 7.11 Å². The molecule has 4 rings (SSSR count). The van der Waals surface area contributed by atoms with Gasteiger partial charge in [-0.1, -0.05) is 53.7 Å². The number of carbonyl (C=O) groups excluding carboxylic acids is 1. The lowest BCUT2D eigenvalue weighted by atomic mass is 10.1. The fourth-order valence-corrected chi connectivity index (χ4v) is 3.69. The van der Waals surface area contributed by atoms with Crippen LogP contribution in [-0.4, -0.2) is 34.6 Å². The molecule has 0 spiro atoms. The number of methoxy groups -OCH3 is 1. The highest BCUT2D eigenvalue weighted by Gasteiger charge is 2.33. The van der Waals surface area contributed by atoms with Crippen LogP contribution in [0.15, 0.2) is 59.1 Å². The van der Waals surface area contributed by atoms with E-state index >= 15 is 0 Å². The Balaban J connectivity index is 1.45. The average Bonchev–Trinajstić information content (AvgIpc) is 3.42. The van der Waals surface area contributed by atoms with Gasteiger partial charge in [-0.15, -0.1) is 0 Å². The lowest BCUT2D eigenvalue weighted by Gasteiger charge is -2.22. The highest BCUT2D eigenvalue weighted by atomic mass is 16.5. The molecule has 6 nitrogen and oxygen atoms in total. The van der Waals surface area contributed by atoms with Crippen molar-refractivity contribution < 1.29 is 14.1 Å². The van der Waals surface area contributed by atoms with Crippen molar-refractivity contribution in [2.24, 2.45) is 0 Å². The molecule has 2 aromatic carbocycles. The number of ether oxygens (including phenoxy) is 1. The Labute approximate surface area is 164 Å². The van der Waals surface area contributed by atoms with Crippen molar-refractivity contribution in [3.05, 3.63) is 66.1 Å². The molecule has 1 saturated heterocycles. The van der Waals surface area contributed by atoms with Crippen LogP contribution in [0, 0.1) is 0 Å². The van der Waals surface area contributed by atoms with Gasteiger partial charge in [0.15, 0.2) is 0 Å². The van der Waals surface area contributed by atoms with Crippen LogP contribution in [0.25, 0.3) is 11.4 Å². The summed E-state index contributed by atoms with van der Waals surface area (Å²) in [6, 6.07) is 17.4. The smallest absolute Gasteiger partial charge is 0.249 e. The van der Waals surface area contributed by atoms with Gasteiger partial charge < -0.3 is 14.2 Å². The number of aryl methyl sites for hydroxylation is 1. The van der Waals surface area contributed by atoms with E-state index in [0.29, 0.717) is 24.6 Å². The number of likely N-dealkylation sites (tertiary alicyclic amines) is 1. The van der Waals surface area contributed by atoms with E-state index in [4.69, 9.17) is 9.26 Å².